The predicted molar refractivity (Wildman–Crippen MR) is 78.0 cm³/mol. The van der Waals surface area contributed by atoms with Gasteiger partial charge in [0, 0.05) is 10.7 Å². The lowest BCUT2D eigenvalue weighted by molar-refractivity contribution is 0.486. The smallest absolute Gasteiger partial charge is 0.265 e. The number of sulfonamides is 1. The summed E-state index contributed by atoms with van der Waals surface area (Å²) in [5.74, 6) is -2.89. The predicted octanol–water partition coefficient (Wildman–Crippen LogP) is 3.65. The molecule has 0 bridgehead atoms. The van der Waals surface area contributed by atoms with Gasteiger partial charge in [-0.3, -0.25) is 4.72 Å². The van der Waals surface area contributed by atoms with E-state index in [9.17, 15) is 17.2 Å². The van der Waals surface area contributed by atoms with E-state index in [0.29, 0.717) is 11.1 Å². The quantitative estimate of drug-likeness (QED) is 0.828. The van der Waals surface area contributed by atoms with Gasteiger partial charge < -0.3 is 5.73 Å². The van der Waals surface area contributed by atoms with Crippen LogP contribution >= 0.6 is 23.2 Å². The van der Waals surface area contributed by atoms with Crippen LogP contribution in [0.3, 0.4) is 0 Å². The van der Waals surface area contributed by atoms with Gasteiger partial charge in [-0.15, -0.1) is 0 Å². The molecule has 0 aliphatic rings. The molecule has 0 saturated carbocycles. The van der Waals surface area contributed by atoms with E-state index in [0.717, 1.165) is 6.07 Å². The largest absolute Gasteiger partial charge is 0.399 e. The third kappa shape index (κ3) is 3.37. The molecule has 0 amide bonds. The first-order chi connectivity index (χ1) is 9.70. The molecule has 2 aromatic rings. The number of halogens is 4. The number of nitrogens with two attached hydrogens (primary N) is 1. The van der Waals surface area contributed by atoms with E-state index < -0.39 is 26.6 Å². The first-order valence-electron chi connectivity index (χ1n) is 5.43. The second kappa shape index (κ2) is 5.67. The monoisotopic (exact) mass is 352 g/mol. The van der Waals surface area contributed by atoms with Crippen LogP contribution in [0.15, 0.2) is 35.2 Å². The van der Waals surface area contributed by atoms with E-state index in [1.54, 1.807) is 0 Å². The van der Waals surface area contributed by atoms with Gasteiger partial charge in [0.25, 0.3) is 10.0 Å². The van der Waals surface area contributed by atoms with Crippen LogP contribution in [0, 0.1) is 11.6 Å². The Bertz CT molecular complexity index is 813. The van der Waals surface area contributed by atoms with E-state index in [2.05, 4.69) is 0 Å². The van der Waals surface area contributed by atoms with Crippen LogP contribution < -0.4 is 10.5 Å². The van der Waals surface area contributed by atoms with Gasteiger partial charge in [-0.25, -0.2) is 17.2 Å². The summed E-state index contributed by atoms with van der Waals surface area (Å²) >= 11 is 11.5. The van der Waals surface area contributed by atoms with Gasteiger partial charge in [0.2, 0.25) is 0 Å². The Balaban J connectivity index is 2.48. The van der Waals surface area contributed by atoms with E-state index in [1.807, 2.05) is 4.72 Å². The standard InChI is InChI=1S/C12H8Cl2F2N2O2S/c13-6-1-2-10(8(14)3-6)18-21(19,20)11-5-7(17)4-9(15)12(11)16/h1-5,18H,17H2. The Labute approximate surface area is 129 Å². The fraction of sp³-hybridized carbons (Fsp3) is 0. The van der Waals surface area contributed by atoms with Crippen molar-refractivity contribution in [3.05, 3.63) is 52.0 Å². The Morgan fingerprint density at radius 1 is 1.10 bits per heavy atom. The summed E-state index contributed by atoms with van der Waals surface area (Å²) in [7, 11) is -4.40. The van der Waals surface area contributed by atoms with Gasteiger partial charge in [0.1, 0.15) is 4.90 Å². The fourth-order valence-electron chi connectivity index (χ4n) is 1.55. The fourth-order valence-corrected chi connectivity index (χ4v) is 3.27. The molecule has 2 rings (SSSR count). The summed E-state index contributed by atoms with van der Waals surface area (Å²) in [5, 5.41) is 0.306. The number of nitrogen functional groups attached to an aromatic ring is 1. The van der Waals surface area contributed by atoms with Crippen LogP contribution in [0.2, 0.25) is 10.0 Å². The van der Waals surface area contributed by atoms with Crippen molar-refractivity contribution in [1.29, 1.82) is 0 Å². The van der Waals surface area contributed by atoms with Gasteiger partial charge in [-0.2, -0.15) is 0 Å². The summed E-state index contributed by atoms with van der Waals surface area (Å²) in [4.78, 5) is -0.911. The highest BCUT2D eigenvalue weighted by atomic mass is 35.5. The van der Waals surface area contributed by atoms with Crippen molar-refractivity contribution in [3.8, 4) is 0 Å². The molecule has 0 heterocycles. The Kier molecular flexibility index (Phi) is 4.27. The zero-order valence-electron chi connectivity index (χ0n) is 10.2. The summed E-state index contributed by atoms with van der Waals surface area (Å²) in [6.45, 7) is 0. The van der Waals surface area contributed by atoms with Crippen LogP contribution in [0.4, 0.5) is 20.2 Å². The van der Waals surface area contributed by atoms with E-state index in [1.165, 1.54) is 18.2 Å². The molecule has 0 aliphatic heterocycles. The minimum absolute atomic E-state index is 0.0101. The molecule has 9 heteroatoms. The van der Waals surface area contributed by atoms with E-state index in [-0.39, 0.29) is 16.4 Å². The number of hydrogen-bond donors (Lipinski definition) is 2. The van der Waals surface area contributed by atoms with Crippen molar-refractivity contribution < 1.29 is 17.2 Å². The maximum Gasteiger partial charge on any atom is 0.265 e. The van der Waals surface area contributed by atoms with Crippen LogP contribution in [0.25, 0.3) is 0 Å². The highest BCUT2D eigenvalue weighted by Crippen LogP contribution is 2.29. The van der Waals surface area contributed by atoms with Crippen molar-refractivity contribution in [2.75, 3.05) is 10.5 Å². The average Bonchev–Trinajstić information content (AvgIpc) is 2.37. The summed E-state index contributed by atoms with van der Waals surface area (Å²) in [6, 6.07) is 5.48. The van der Waals surface area contributed by atoms with Gasteiger partial charge >= 0.3 is 0 Å². The first-order valence-corrected chi connectivity index (χ1v) is 7.67. The number of anilines is 2. The zero-order chi connectivity index (χ0) is 15.8. The lowest BCUT2D eigenvalue weighted by atomic mass is 10.3. The number of rotatable bonds is 3. The maximum absolute atomic E-state index is 13.6. The molecule has 0 aromatic heterocycles. The summed E-state index contributed by atoms with van der Waals surface area (Å²) in [6.07, 6.45) is 0. The summed E-state index contributed by atoms with van der Waals surface area (Å²) < 4.78 is 53.1. The highest BCUT2D eigenvalue weighted by Gasteiger charge is 2.23. The molecule has 2 aromatic carbocycles. The topological polar surface area (TPSA) is 72.2 Å². The number of benzene rings is 2. The molecule has 0 saturated heterocycles. The first kappa shape index (κ1) is 15.8. The van der Waals surface area contributed by atoms with Crippen LogP contribution in [0.5, 0.6) is 0 Å². The zero-order valence-corrected chi connectivity index (χ0v) is 12.5. The maximum atomic E-state index is 13.6. The van der Waals surface area contributed by atoms with Gasteiger partial charge in [-0.1, -0.05) is 23.2 Å². The Morgan fingerprint density at radius 2 is 1.76 bits per heavy atom. The second-order valence-corrected chi connectivity index (χ2v) is 6.54. The number of hydrogen-bond acceptors (Lipinski definition) is 3. The van der Waals surface area contributed by atoms with Crippen LogP contribution in [0.1, 0.15) is 0 Å². The molecule has 0 spiro atoms. The van der Waals surface area contributed by atoms with E-state index in [4.69, 9.17) is 28.9 Å². The number of nitrogens with one attached hydrogen (secondary N) is 1. The molecular formula is C12H8Cl2F2N2O2S. The molecule has 0 aliphatic carbocycles. The molecular weight excluding hydrogens is 345 g/mol. The molecule has 112 valence electrons. The summed E-state index contributed by atoms with van der Waals surface area (Å²) in [5.41, 5.74) is 5.08. The molecule has 0 unspecified atom stereocenters. The van der Waals surface area contributed by atoms with Crippen molar-refractivity contribution in [1.82, 2.24) is 0 Å². The van der Waals surface area contributed by atoms with Crippen molar-refractivity contribution >= 4 is 44.6 Å². The Hall–Kier alpha value is -1.57. The van der Waals surface area contributed by atoms with Crippen molar-refractivity contribution in [2.24, 2.45) is 0 Å². The normalized spacial score (nSPS) is 11.4. The highest BCUT2D eigenvalue weighted by molar-refractivity contribution is 7.92. The van der Waals surface area contributed by atoms with Crippen molar-refractivity contribution in [2.45, 2.75) is 4.90 Å². The van der Waals surface area contributed by atoms with Crippen molar-refractivity contribution in [3.63, 3.8) is 0 Å². The third-order valence-electron chi connectivity index (χ3n) is 2.48. The molecule has 21 heavy (non-hydrogen) atoms. The molecule has 0 atom stereocenters. The van der Waals surface area contributed by atoms with Gasteiger partial charge in [0.15, 0.2) is 11.6 Å². The SMILES string of the molecule is Nc1cc(F)c(F)c(S(=O)(=O)Nc2ccc(Cl)cc2Cl)c1. The molecule has 0 radical (unpaired) electrons. The van der Waals surface area contributed by atoms with Crippen LogP contribution in [-0.4, -0.2) is 8.42 Å². The lowest BCUT2D eigenvalue weighted by Gasteiger charge is -2.11. The minimum atomic E-state index is -4.40. The molecule has 3 N–H and O–H groups in total. The third-order valence-corrected chi connectivity index (χ3v) is 4.39. The average molecular weight is 353 g/mol. The van der Waals surface area contributed by atoms with Gasteiger partial charge in [-0.05, 0) is 30.3 Å². The molecule has 0 fully saturated rings. The second-order valence-electron chi connectivity index (χ2n) is 4.04. The minimum Gasteiger partial charge on any atom is -0.399 e. The lowest BCUT2D eigenvalue weighted by Crippen LogP contribution is -2.16. The Morgan fingerprint density at radius 3 is 2.38 bits per heavy atom. The van der Waals surface area contributed by atoms with Gasteiger partial charge in [0.05, 0.1) is 10.7 Å². The molecule has 4 nitrogen and oxygen atoms in total. The van der Waals surface area contributed by atoms with Crippen LogP contribution in [-0.2, 0) is 10.0 Å². The van der Waals surface area contributed by atoms with E-state index >= 15 is 0 Å².